The molecule has 2 atom stereocenters. The molecule has 0 unspecified atom stereocenters. The Balaban J connectivity index is 1.57. The van der Waals surface area contributed by atoms with Crippen LogP contribution >= 0.6 is 0 Å². The third-order valence-corrected chi connectivity index (χ3v) is 7.67. The van der Waals surface area contributed by atoms with E-state index in [4.69, 9.17) is 18.4 Å². The van der Waals surface area contributed by atoms with Gasteiger partial charge in [0.15, 0.2) is 0 Å². The van der Waals surface area contributed by atoms with Crippen molar-refractivity contribution in [3.8, 4) is 11.5 Å². The molecule has 0 aliphatic rings. The normalized spacial score (nSPS) is 12.7. The van der Waals surface area contributed by atoms with Crippen LogP contribution in [-0.4, -0.2) is 38.3 Å². The highest BCUT2D eigenvalue weighted by molar-refractivity contribution is 7.86. The van der Waals surface area contributed by atoms with E-state index in [0.717, 1.165) is 16.7 Å². The average molecular weight is 591 g/mol. The van der Waals surface area contributed by atoms with E-state index >= 15 is 0 Å². The van der Waals surface area contributed by atoms with Crippen LogP contribution in [-0.2, 0) is 43.5 Å². The van der Waals surface area contributed by atoms with Gasteiger partial charge < -0.3 is 19.3 Å². The topological polar surface area (TPSA) is 108 Å². The van der Waals surface area contributed by atoms with E-state index in [9.17, 15) is 18.3 Å². The number of carbonyl (C=O) groups excluding carboxylic acids is 1. The summed E-state index contributed by atoms with van der Waals surface area (Å²) in [4.78, 5) is 12.6. The molecule has 0 fully saturated rings. The molecule has 0 aromatic heterocycles. The largest absolute Gasteiger partial charge is 0.489 e. The predicted octanol–water partition coefficient (Wildman–Crippen LogP) is 5.39. The molecule has 0 saturated heterocycles. The van der Waals surface area contributed by atoms with Crippen molar-refractivity contribution in [1.29, 1.82) is 0 Å². The van der Waals surface area contributed by atoms with Crippen LogP contribution in [0.3, 0.4) is 0 Å². The molecule has 4 aromatic carbocycles. The van der Waals surface area contributed by atoms with Crippen molar-refractivity contribution < 1.29 is 36.7 Å². The van der Waals surface area contributed by atoms with Crippen LogP contribution in [0, 0.1) is 6.92 Å². The van der Waals surface area contributed by atoms with Crippen molar-refractivity contribution in [2.45, 2.75) is 50.6 Å². The Morgan fingerprint density at radius 2 is 1.40 bits per heavy atom. The number of hydrogen-bond acceptors (Lipinski definition) is 8. The lowest BCUT2D eigenvalue weighted by molar-refractivity contribution is -0.156. The maximum Gasteiger partial charge on any atom is 0.339 e. The van der Waals surface area contributed by atoms with E-state index in [1.165, 1.54) is 12.1 Å². The fourth-order valence-corrected chi connectivity index (χ4v) is 5.18. The quantitative estimate of drug-likeness (QED) is 0.154. The van der Waals surface area contributed by atoms with E-state index in [1.54, 1.807) is 37.3 Å². The van der Waals surface area contributed by atoms with Crippen molar-refractivity contribution in [1.82, 2.24) is 0 Å². The highest BCUT2D eigenvalue weighted by Gasteiger charge is 2.35. The van der Waals surface area contributed by atoms with E-state index in [2.05, 4.69) is 0 Å². The van der Waals surface area contributed by atoms with Gasteiger partial charge in [-0.15, -0.1) is 0 Å². The van der Waals surface area contributed by atoms with Crippen LogP contribution in [0.15, 0.2) is 108 Å². The highest BCUT2D eigenvalue weighted by Crippen LogP contribution is 2.29. The van der Waals surface area contributed by atoms with Crippen LogP contribution in [0.5, 0.6) is 11.5 Å². The Bertz CT molecular complexity index is 1540. The van der Waals surface area contributed by atoms with Crippen LogP contribution in [0.2, 0.25) is 0 Å². The monoisotopic (exact) mass is 590 g/mol. The molecule has 9 heteroatoms. The number of carbonyl (C=O) groups is 1. The summed E-state index contributed by atoms with van der Waals surface area (Å²) in [7, 11) is -4.39. The Hall–Kier alpha value is -4.18. The summed E-state index contributed by atoms with van der Waals surface area (Å²) in [5.41, 5.74) is 3.30. The number of ether oxygens (including phenoxy) is 3. The molecule has 0 aliphatic carbocycles. The number of esters is 1. The van der Waals surface area contributed by atoms with Gasteiger partial charge in [-0.1, -0.05) is 84.4 Å². The van der Waals surface area contributed by atoms with Gasteiger partial charge in [-0.05, 0) is 48.7 Å². The Morgan fingerprint density at radius 3 is 2.00 bits per heavy atom. The highest BCUT2D eigenvalue weighted by atomic mass is 32.2. The molecular weight excluding hydrogens is 556 g/mol. The molecule has 220 valence electrons. The smallest absolute Gasteiger partial charge is 0.339 e. The van der Waals surface area contributed by atoms with Gasteiger partial charge in [-0.2, -0.15) is 8.42 Å². The van der Waals surface area contributed by atoms with Crippen LogP contribution in [0.1, 0.15) is 29.2 Å². The molecule has 4 aromatic rings. The Kier molecular flexibility index (Phi) is 10.7. The van der Waals surface area contributed by atoms with Crippen molar-refractivity contribution in [2.24, 2.45) is 0 Å². The number of benzene rings is 4. The van der Waals surface area contributed by atoms with E-state index in [0.29, 0.717) is 23.7 Å². The molecule has 0 spiro atoms. The summed E-state index contributed by atoms with van der Waals surface area (Å²) in [6.07, 6.45) is -3.53. The maximum absolute atomic E-state index is 13.0. The molecule has 0 radical (unpaired) electrons. The number of aliphatic hydroxyl groups excluding tert-OH is 1. The number of aryl methyl sites for hydroxylation is 1. The summed E-state index contributed by atoms with van der Waals surface area (Å²) in [5, 5.41) is 11.2. The third-order valence-electron chi connectivity index (χ3n) is 6.36. The minimum atomic E-state index is -4.39. The minimum Gasteiger partial charge on any atom is -0.489 e. The van der Waals surface area contributed by atoms with Crippen LogP contribution < -0.4 is 9.47 Å². The standard InChI is InChI=1S/C33H34O8S/c1-3-38-33(35)32(41-42(36,37)29-18-14-24(2)15-19-29)30(34)20-27-16-17-28(39-22-25-10-6-4-7-11-25)21-31(27)40-23-26-12-8-5-9-13-26/h4-19,21,30,32,34H,3,20,22-23H2,1-2H3/t30-,32+/m0/s1. The van der Waals surface area contributed by atoms with Gasteiger partial charge in [-0.25, -0.2) is 8.98 Å². The number of rotatable bonds is 14. The lowest BCUT2D eigenvalue weighted by Gasteiger charge is -2.22. The maximum atomic E-state index is 13.0. The van der Waals surface area contributed by atoms with Gasteiger partial charge in [0.05, 0.1) is 17.6 Å². The van der Waals surface area contributed by atoms with E-state index < -0.39 is 28.3 Å². The predicted molar refractivity (Wildman–Crippen MR) is 158 cm³/mol. The molecule has 1 N–H and O–H groups in total. The summed E-state index contributed by atoms with van der Waals surface area (Å²) in [6, 6.07) is 30.4. The Morgan fingerprint density at radius 1 is 0.810 bits per heavy atom. The van der Waals surface area contributed by atoms with Crippen molar-refractivity contribution in [2.75, 3.05) is 6.61 Å². The summed E-state index contributed by atoms with van der Waals surface area (Å²) < 4.78 is 48.4. The zero-order valence-electron chi connectivity index (χ0n) is 23.5. The average Bonchev–Trinajstić information content (AvgIpc) is 3.00. The first kappa shape index (κ1) is 30.8. The number of aliphatic hydroxyl groups is 1. The molecule has 4 rings (SSSR count). The fourth-order valence-electron chi connectivity index (χ4n) is 4.12. The molecule has 42 heavy (non-hydrogen) atoms. The summed E-state index contributed by atoms with van der Waals surface area (Å²) in [5.74, 6) is -0.0389. The molecule has 0 aliphatic heterocycles. The first-order valence-electron chi connectivity index (χ1n) is 13.6. The van der Waals surface area contributed by atoms with E-state index in [-0.39, 0.29) is 24.5 Å². The van der Waals surface area contributed by atoms with Gasteiger partial charge in [0.1, 0.15) is 24.7 Å². The summed E-state index contributed by atoms with van der Waals surface area (Å²) >= 11 is 0. The molecule has 0 amide bonds. The molecule has 0 bridgehead atoms. The zero-order chi connectivity index (χ0) is 30.0. The summed E-state index contributed by atoms with van der Waals surface area (Å²) in [6.45, 7) is 3.97. The number of hydrogen-bond donors (Lipinski definition) is 1. The lowest BCUT2D eigenvalue weighted by Crippen LogP contribution is -2.41. The van der Waals surface area contributed by atoms with Crippen molar-refractivity contribution in [3.63, 3.8) is 0 Å². The van der Waals surface area contributed by atoms with Crippen LogP contribution in [0.25, 0.3) is 0 Å². The first-order valence-corrected chi connectivity index (χ1v) is 15.0. The second-order valence-corrected chi connectivity index (χ2v) is 11.2. The van der Waals surface area contributed by atoms with E-state index in [1.807, 2.05) is 67.6 Å². The van der Waals surface area contributed by atoms with Crippen LogP contribution in [0.4, 0.5) is 0 Å². The van der Waals surface area contributed by atoms with Gasteiger partial charge in [0.25, 0.3) is 10.1 Å². The molecule has 0 heterocycles. The molecular formula is C33H34O8S. The van der Waals surface area contributed by atoms with Gasteiger partial charge in [-0.3, -0.25) is 0 Å². The van der Waals surface area contributed by atoms with Gasteiger partial charge in [0.2, 0.25) is 6.10 Å². The second-order valence-electron chi connectivity index (χ2n) is 9.63. The van der Waals surface area contributed by atoms with Crippen molar-refractivity contribution in [3.05, 3.63) is 125 Å². The van der Waals surface area contributed by atoms with Gasteiger partial charge in [0, 0.05) is 12.5 Å². The Labute approximate surface area is 246 Å². The molecule has 8 nitrogen and oxygen atoms in total. The minimum absolute atomic E-state index is 0.0190. The van der Waals surface area contributed by atoms with Gasteiger partial charge >= 0.3 is 5.97 Å². The second kappa shape index (κ2) is 14.6. The zero-order valence-corrected chi connectivity index (χ0v) is 24.3. The first-order chi connectivity index (χ1) is 20.2. The van der Waals surface area contributed by atoms with Crippen molar-refractivity contribution >= 4 is 16.1 Å². The molecule has 0 saturated carbocycles. The third kappa shape index (κ3) is 8.66. The fraction of sp³-hybridized carbons (Fsp3) is 0.242. The SMILES string of the molecule is CCOC(=O)[C@H](OS(=O)(=O)c1ccc(C)cc1)[C@@H](O)Cc1ccc(OCc2ccccc2)cc1OCc1ccccc1. The lowest BCUT2D eigenvalue weighted by atomic mass is 10.0.